The quantitative estimate of drug-likeness (QED) is 0.899. The van der Waals surface area contributed by atoms with Gasteiger partial charge in [-0.25, -0.2) is 0 Å². The van der Waals surface area contributed by atoms with Crippen molar-refractivity contribution in [3.8, 4) is 0 Å². The zero-order valence-corrected chi connectivity index (χ0v) is 10.7. The molecule has 5 heteroatoms. The number of nitrogens with one attached hydrogen (secondary N) is 1. The lowest BCUT2D eigenvalue weighted by molar-refractivity contribution is 0.682. The second-order valence-corrected chi connectivity index (χ2v) is 4.59. The molecule has 1 atom stereocenters. The summed E-state index contributed by atoms with van der Waals surface area (Å²) in [6.45, 7) is 6.02. The number of benzene rings is 1. The number of hydrogen-bond donors (Lipinski definition) is 1. The lowest BCUT2D eigenvalue weighted by Crippen LogP contribution is -1.96. The van der Waals surface area contributed by atoms with Crippen LogP contribution in [0.5, 0.6) is 0 Å². The van der Waals surface area contributed by atoms with Crippen molar-refractivity contribution in [1.29, 1.82) is 0 Å². The molecule has 0 fully saturated rings. The summed E-state index contributed by atoms with van der Waals surface area (Å²) in [6, 6.07) is 5.50. The SMILES string of the molecule is CC.CCCS(=O)c1ccc2n[nH]nc2c1.[HH]. The van der Waals surface area contributed by atoms with E-state index in [2.05, 4.69) is 15.4 Å². The Balaban J connectivity index is 0.000000811. The lowest BCUT2D eigenvalue weighted by Gasteiger charge is -1.98. The number of rotatable bonds is 3. The Hall–Kier alpha value is -1.23. The Morgan fingerprint density at radius 1 is 1.31 bits per heavy atom. The van der Waals surface area contributed by atoms with Crippen molar-refractivity contribution in [3.63, 3.8) is 0 Å². The summed E-state index contributed by atoms with van der Waals surface area (Å²) in [7, 11) is -0.905. The molecule has 4 nitrogen and oxygen atoms in total. The van der Waals surface area contributed by atoms with E-state index in [1.54, 1.807) is 0 Å². The first-order valence-electron chi connectivity index (χ1n) is 5.50. The first-order valence-corrected chi connectivity index (χ1v) is 6.82. The molecule has 0 amide bonds. The molecule has 0 spiro atoms. The van der Waals surface area contributed by atoms with E-state index >= 15 is 0 Å². The highest BCUT2D eigenvalue weighted by Crippen LogP contribution is 2.14. The van der Waals surface area contributed by atoms with E-state index in [0.29, 0.717) is 5.75 Å². The molecule has 2 rings (SSSR count). The van der Waals surface area contributed by atoms with E-state index in [-0.39, 0.29) is 1.43 Å². The molecule has 1 aromatic carbocycles. The smallest absolute Gasteiger partial charge is 0.114 e. The minimum atomic E-state index is -0.905. The molecule has 1 unspecified atom stereocenters. The molecule has 0 aliphatic rings. The van der Waals surface area contributed by atoms with E-state index in [9.17, 15) is 4.21 Å². The molecule has 1 heterocycles. The minimum absolute atomic E-state index is 0. The van der Waals surface area contributed by atoms with Crippen molar-refractivity contribution in [2.45, 2.75) is 32.1 Å². The Bertz CT molecular complexity index is 472. The van der Waals surface area contributed by atoms with Gasteiger partial charge in [0, 0.05) is 12.1 Å². The van der Waals surface area contributed by atoms with Gasteiger partial charge in [0.15, 0.2) is 0 Å². The van der Waals surface area contributed by atoms with Gasteiger partial charge in [-0.05, 0) is 24.6 Å². The van der Waals surface area contributed by atoms with Crippen LogP contribution in [0.1, 0.15) is 28.6 Å². The third-order valence-electron chi connectivity index (χ3n) is 1.94. The van der Waals surface area contributed by atoms with Crippen LogP contribution in [0.15, 0.2) is 23.1 Å². The predicted molar refractivity (Wildman–Crippen MR) is 68.9 cm³/mol. The summed E-state index contributed by atoms with van der Waals surface area (Å²) in [6.07, 6.45) is 0.920. The van der Waals surface area contributed by atoms with Crippen LogP contribution in [0, 0.1) is 0 Å². The number of hydrogen-bond acceptors (Lipinski definition) is 3. The molecule has 0 radical (unpaired) electrons. The molecule has 0 saturated carbocycles. The van der Waals surface area contributed by atoms with E-state index in [0.717, 1.165) is 22.3 Å². The maximum atomic E-state index is 11.7. The van der Waals surface area contributed by atoms with E-state index in [4.69, 9.17) is 0 Å². The number of aromatic amines is 1. The molecule has 90 valence electrons. The third-order valence-corrected chi connectivity index (χ3v) is 3.50. The normalized spacial score (nSPS) is 11.9. The van der Waals surface area contributed by atoms with Gasteiger partial charge in [0.2, 0.25) is 0 Å². The molecule has 0 aliphatic heterocycles. The van der Waals surface area contributed by atoms with Gasteiger partial charge in [0.25, 0.3) is 0 Å². The van der Waals surface area contributed by atoms with E-state index in [1.807, 2.05) is 39.0 Å². The van der Waals surface area contributed by atoms with Crippen LogP contribution in [0.2, 0.25) is 0 Å². The first kappa shape index (κ1) is 12.8. The van der Waals surface area contributed by atoms with Crippen molar-refractivity contribution in [2.75, 3.05) is 5.75 Å². The number of fused-ring (bicyclic) bond motifs is 1. The zero-order chi connectivity index (χ0) is 12.0. The molecule has 1 N–H and O–H groups in total. The summed E-state index contributed by atoms with van der Waals surface area (Å²) in [5, 5.41) is 10.4. The summed E-state index contributed by atoms with van der Waals surface area (Å²) in [5.41, 5.74) is 1.58. The third kappa shape index (κ3) is 2.88. The topological polar surface area (TPSA) is 58.6 Å². The number of nitrogens with zero attached hydrogens (tertiary/aromatic N) is 2. The van der Waals surface area contributed by atoms with E-state index in [1.165, 1.54) is 0 Å². The van der Waals surface area contributed by atoms with Gasteiger partial charge in [0.1, 0.15) is 11.0 Å². The molecule has 2 aromatic rings. The van der Waals surface area contributed by atoms with Crippen molar-refractivity contribution >= 4 is 21.8 Å². The second-order valence-electron chi connectivity index (χ2n) is 3.02. The van der Waals surface area contributed by atoms with Crippen LogP contribution in [-0.2, 0) is 10.8 Å². The fourth-order valence-electron chi connectivity index (χ4n) is 1.26. The molecule has 1 aromatic heterocycles. The average molecular weight is 241 g/mol. The Morgan fingerprint density at radius 2 is 2.00 bits per heavy atom. The second kappa shape index (κ2) is 6.37. The first-order chi connectivity index (χ1) is 7.81. The fourth-order valence-corrected chi connectivity index (χ4v) is 2.33. The standard InChI is InChI=1S/C9H11N3OS.C2H6.H2/c1-2-5-14(13)7-3-4-8-9(6-7)11-12-10-8;1-2;/h3-4,6H,2,5H2,1H3,(H,10,11,12);1-2H3;1H. The highest BCUT2D eigenvalue weighted by molar-refractivity contribution is 7.85. The van der Waals surface area contributed by atoms with Crippen LogP contribution in [0.4, 0.5) is 0 Å². The van der Waals surface area contributed by atoms with Gasteiger partial charge < -0.3 is 0 Å². The summed E-state index contributed by atoms with van der Waals surface area (Å²) >= 11 is 0. The summed E-state index contributed by atoms with van der Waals surface area (Å²) in [4.78, 5) is 0.827. The highest BCUT2D eigenvalue weighted by atomic mass is 32.2. The summed E-state index contributed by atoms with van der Waals surface area (Å²) in [5.74, 6) is 0.698. The Kier molecular flexibility index (Phi) is 5.11. The van der Waals surface area contributed by atoms with Gasteiger partial charge in [-0.2, -0.15) is 15.4 Å². The molecular formula is C11H19N3OS. The molecule has 0 bridgehead atoms. The Labute approximate surface area is 99.4 Å². The van der Waals surface area contributed by atoms with Crippen LogP contribution in [0.3, 0.4) is 0 Å². The lowest BCUT2D eigenvalue weighted by atomic mass is 10.3. The highest BCUT2D eigenvalue weighted by Gasteiger charge is 2.05. The van der Waals surface area contributed by atoms with Crippen molar-refractivity contribution in [2.24, 2.45) is 0 Å². The summed E-state index contributed by atoms with van der Waals surface area (Å²) < 4.78 is 11.7. The van der Waals surface area contributed by atoms with Crippen LogP contribution < -0.4 is 0 Å². The molecule has 0 saturated heterocycles. The molecular weight excluding hydrogens is 222 g/mol. The number of aromatic nitrogens is 3. The fraction of sp³-hybridized carbons (Fsp3) is 0.455. The maximum absolute atomic E-state index is 11.7. The molecule has 0 aliphatic carbocycles. The van der Waals surface area contributed by atoms with Crippen molar-refractivity contribution in [1.82, 2.24) is 15.4 Å². The monoisotopic (exact) mass is 241 g/mol. The predicted octanol–water partition coefficient (Wildman–Crippen LogP) is 2.75. The molecule has 16 heavy (non-hydrogen) atoms. The van der Waals surface area contributed by atoms with Gasteiger partial charge in [-0.3, -0.25) is 4.21 Å². The number of H-pyrrole nitrogens is 1. The Morgan fingerprint density at radius 3 is 2.69 bits per heavy atom. The van der Waals surface area contributed by atoms with Crippen LogP contribution >= 0.6 is 0 Å². The minimum Gasteiger partial charge on any atom is -0.254 e. The average Bonchev–Trinajstić information content (AvgIpc) is 2.79. The van der Waals surface area contributed by atoms with Gasteiger partial charge in [0.05, 0.1) is 10.8 Å². The largest absolute Gasteiger partial charge is 0.254 e. The maximum Gasteiger partial charge on any atom is 0.114 e. The van der Waals surface area contributed by atoms with Gasteiger partial charge in [-0.1, -0.05) is 20.8 Å². The van der Waals surface area contributed by atoms with Crippen molar-refractivity contribution < 1.29 is 5.64 Å². The zero-order valence-electron chi connectivity index (χ0n) is 9.86. The van der Waals surface area contributed by atoms with Crippen LogP contribution in [0.25, 0.3) is 11.0 Å². The van der Waals surface area contributed by atoms with E-state index < -0.39 is 10.8 Å². The van der Waals surface area contributed by atoms with Crippen molar-refractivity contribution in [3.05, 3.63) is 18.2 Å². The van der Waals surface area contributed by atoms with Gasteiger partial charge >= 0.3 is 0 Å². The van der Waals surface area contributed by atoms with Crippen LogP contribution in [-0.4, -0.2) is 25.4 Å². The van der Waals surface area contributed by atoms with Gasteiger partial charge in [-0.15, -0.1) is 0 Å².